The van der Waals surface area contributed by atoms with Gasteiger partial charge in [0.15, 0.2) is 5.78 Å². The fraction of sp³-hybridized carbons (Fsp3) is 0.0714. The summed E-state index contributed by atoms with van der Waals surface area (Å²) in [5, 5.41) is 17.6. The largest absolute Gasteiger partial charge is 0.440 e. The molecule has 116 valence electrons. The molecule has 0 aliphatic carbocycles. The minimum absolute atomic E-state index is 0.203. The van der Waals surface area contributed by atoms with Crippen LogP contribution in [0.4, 0.5) is 0 Å². The zero-order chi connectivity index (χ0) is 16.3. The average molecular weight is 324 g/mol. The van der Waals surface area contributed by atoms with Crippen LogP contribution in [0.15, 0.2) is 53.4 Å². The summed E-state index contributed by atoms with van der Waals surface area (Å²) in [6.45, 7) is -2.30. The second-order valence-electron chi connectivity index (χ2n) is 4.25. The van der Waals surface area contributed by atoms with E-state index in [0.717, 1.165) is 6.07 Å². The average Bonchev–Trinajstić information content (AvgIpc) is 2.45. The molecule has 2 rings (SSSR count). The van der Waals surface area contributed by atoms with E-state index in [1.54, 1.807) is 18.2 Å². The number of ether oxygens (including phenoxy) is 1. The maximum absolute atomic E-state index is 12.4. The lowest BCUT2D eigenvalue weighted by molar-refractivity contribution is -0.180. The summed E-state index contributed by atoms with van der Waals surface area (Å²) in [6.07, 6.45) is 0. The Labute approximate surface area is 126 Å². The van der Waals surface area contributed by atoms with Crippen LogP contribution >= 0.6 is 0 Å². The van der Waals surface area contributed by atoms with Crippen molar-refractivity contribution in [2.75, 3.05) is 0 Å². The Morgan fingerprint density at radius 3 is 2.18 bits per heavy atom. The van der Waals surface area contributed by atoms with Crippen molar-refractivity contribution in [2.24, 2.45) is 0 Å². The molecule has 0 aliphatic rings. The van der Waals surface area contributed by atoms with Crippen LogP contribution in [0.2, 0.25) is 0 Å². The molecule has 2 aromatic rings. The van der Waals surface area contributed by atoms with E-state index < -0.39 is 33.0 Å². The molecule has 22 heavy (non-hydrogen) atoms. The van der Waals surface area contributed by atoms with Crippen molar-refractivity contribution in [1.29, 1.82) is 0 Å². The molecule has 0 radical (unpaired) electrons. The molecule has 3 N–H and O–H groups in total. The molecular weight excluding hydrogens is 312 g/mol. The smallest absolute Gasteiger partial charge is 0.310 e. The van der Waals surface area contributed by atoms with Crippen molar-refractivity contribution in [3.8, 4) is 5.75 Å². The molecule has 0 fully saturated rings. The molecule has 2 aromatic carbocycles. The number of hydrogen-bond donors (Lipinski definition) is 3. The van der Waals surface area contributed by atoms with E-state index in [4.69, 9.17) is 10.2 Å². The van der Waals surface area contributed by atoms with Gasteiger partial charge in [-0.1, -0.05) is 36.4 Å². The molecule has 0 saturated carbocycles. The first kappa shape index (κ1) is 16.1. The van der Waals surface area contributed by atoms with Crippen molar-refractivity contribution < 1.29 is 32.7 Å². The minimum atomic E-state index is -4.83. The molecule has 7 nitrogen and oxygen atoms in total. The highest BCUT2D eigenvalue weighted by Gasteiger charge is 2.26. The Morgan fingerprint density at radius 1 is 1.00 bits per heavy atom. The molecule has 0 spiro atoms. The topological polar surface area (TPSA) is 121 Å². The normalized spacial score (nSPS) is 11.5. The first-order chi connectivity index (χ1) is 10.3. The van der Waals surface area contributed by atoms with Crippen molar-refractivity contribution in [1.82, 2.24) is 0 Å². The van der Waals surface area contributed by atoms with Crippen LogP contribution in [0.1, 0.15) is 15.9 Å². The summed E-state index contributed by atoms with van der Waals surface area (Å²) in [4.78, 5) is 11.6. The van der Waals surface area contributed by atoms with Gasteiger partial charge in [-0.3, -0.25) is 9.35 Å². The van der Waals surface area contributed by atoms with Crippen molar-refractivity contribution in [3.05, 3.63) is 59.7 Å². The van der Waals surface area contributed by atoms with E-state index in [1.165, 1.54) is 24.3 Å². The summed E-state index contributed by atoms with van der Waals surface area (Å²) in [5.74, 6) is -1.20. The molecule has 0 saturated heterocycles. The molecule has 0 heterocycles. The summed E-state index contributed by atoms with van der Waals surface area (Å²) in [5.41, 5.74) is -0.138. The van der Waals surface area contributed by atoms with E-state index in [9.17, 15) is 17.8 Å². The van der Waals surface area contributed by atoms with Gasteiger partial charge in [0.1, 0.15) is 10.6 Å². The Kier molecular flexibility index (Phi) is 4.57. The molecule has 0 aliphatic heterocycles. The van der Waals surface area contributed by atoms with E-state index in [1.807, 2.05) is 0 Å². The lowest BCUT2D eigenvalue weighted by atomic mass is 10.0. The Morgan fingerprint density at radius 2 is 1.64 bits per heavy atom. The Hall–Kier alpha value is -2.26. The third-order valence-corrected chi connectivity index (χ3v) is 3.69. The van der Waals surface area contributed by atoms with Gasteiger partial charge in [-0.2, -0.15) is 8.42 Å². The number of carbonyl (C=O) groups excluding carboxylic acids is 1. The highest BCUT2D eigenvalue weighted by Crippen LogP contribution is 2.29. The minimum Gasteiger partial charge on any atom is -0.440 e. The number of aliphatic hydroxyl groups is 2. The summed E-state index contributed by atoms with van der Waals surface area (Å²) < 4.78 is 37.0. The molecule has 8 heteroatoms. The maximum Gasteiger partial charge on any atom is 0.310 e. The van der Waals surface area contributed by atoms with Crippen LogP contribution in [0.3, 0.4) is 0 Å². The predicted molar refractivity (Wildman–Crippen MR) is 75.0 cm³/mol. The zero-order valence-electron chi connectivity index (χ0n) is 11.1. The second-order valence-corrected chi connectivity index (χ2v) is 5.61. The molecule has 0 aromatic heterocycles. The van der Waals surface area contributed by atoms with Crippen LogP contribution in [-0.2, 0) is 10.1 Å². The second kappa shape index (κ2) is 6.24. The summed E-state index contributed by atoms with van der Waals surface area (Å²) in [6, 6.07) is 11.4. The molecule has 0 bridgehead atoms. The van der Waals surface area contributed by atoms with Crippen LogP contribution in [-0.4, -0.2) is 35.4 Å². The highest BCUT2D eigenvalue weighted by atomic mass is 32.2. The van der Waals surface area contributed by atoms with E-state index in [2.05, 4.69) is 4.74 Å². The molecule has 0 unspecified atom stereocenters. The third-order valence-electron chi connectivity index (χ3n) is 2.75. The first-order valence-electron chi connectivity index (χ1n) is 6.04. The van der Waals surface area contributed by atoms with Crippen molar-refractivity contribution in [2.45, 2.75) is 11.4 Å². The van der Waals surface area contributed by atoms with Gasteiger partial charge in [-0.25, -0.2) is 0 Å². The molecular formula is C14H12O7S. The first-order valence-corrected chi connectivity index (χ1v) is 7.48. The quantitative estimate of drug-likeness (QED) is 0.423. The highest BCUT2D eigenvalue weighted by molar-refractivity contribution is 7.86. The van der Waals surface area contributed by atoms with Crippen LogP contribution < -0.4 is 4.74 Å². The van der Waals surface area contributed by atoms with Crippen LogP contribution in [0.25, 0.3) is 0 Å². The Bertz CT molecular complexity index is 782. The standard InChI is InChI=1S/C14H12O7S/c15-12(9-5-2-1-3-6-9)10-7-4-8-11(21-14(16)17)13(10)22(18,19)20/h1-8,14,16-17H,(H,18,19,20). The number of rotatable bonds is 5. The third kappa shape index (κ3) is 3.49. The predicted octanol–water partition coefficient (Wildman–Crippen LogP) is 0.811. The van der Waals surface area contributed by atoms with Gasteiger partial charge >= 0.3 is 6.48 Å². The van der Waals surface area contributed by atoms with E-state index in [-0.39, 0.29) is 11.1 Å². The number of carbonyl (C=O) groups is 1. The number of ketones is 1. The molecule has 0 amide bonds. The number of benzene rings is 2. The van der Waals surface area contributed by atoms with Gasteiger partial charge in [0, 0.05) is 11.1 Å². The van der Waals surface area contributed by atoms with Crippen LogP contribution in [0, 0.1) is 0 Å². The van der Waals surface area contributed by atoms with Crippen LogP contribution in [0.5, 0.6) is 5.75 Å². The van der Waals surface area contributed by atoms with Gasteiger partial charge < -0.3 is 14.9 Å². The van der Waals surface area contributed by atoms with Gasteiger partial charge in [0.05, 0.1) is 0 Å². The fourth-order valence-electron chi connectivity index (χ4n) is 1.91. The monoisotopic (exact) mass is 324 g/mol. The Balaban J connectivity index is 2.64. The van der Waals surface area contributed by atoms with Crippen molar-refractivity contribution in [3.63, 3.8) is 0 Å². The SMILES string of the molecule is O=C(c1ccccc1)c1cccc(OC(O)O)c1S(=O)(=O)O. The van der Waals surface area contributed by atoms with E-state index in [0.29, 0.717) is 0 Å². The number of hydrogen-bond acceptors (Lipinski definition) is 6. The maximum atomic E-state index is 12.4. The van der Waals surface area contributed by atoms with E-state index >= 15 is 0 Å². The summed E-state index contributed by atoms with van der Waals surface area (Å²) in [7, 11) is -4.83. The van der Waals surface area contributed by atoms with Gasteiger partial charge in [0.2, 0.25) is 0 Å². The lowest BCUT2D eigenvalue weighted by Crippen LogP contribution is -2.18. The zero-order valence-corrected chi connectivity index (χ0v) is 11.9. The lowest BCUT2D eigenvalue weighted by Gasteiger charge is -2.13. The van der Waals surface area contributed by atoms with Crippen molar-refractivity contribution >= 4 is 15.9 Å². The fourth-order valence-corrected chi connectivity index (χ4v) is 2.72. The molecule has 0 atom stereocenters. The number of aliphatic hydroxyl groups excluding tert-OH is 1. The van der Waals surface area contributed by atoms with Gasteiger partial charge in [-0.15, -0.1) is 0 Å². The summed E-state index contributed by atoms with van der Waals surface area (Å²) >= 11 is 0. The van der Waals surface area contributed by atoms with Gasteiger partial charge in [0.25, 0.3) is 10.1 Å². The van der Waals surface area contributed by atoms with Gasteiger partial charge in [-0.05, 0) is 12.1 Å².